The van der Waals surface area contributed by atoms with Crippen LogP contribution in [0.15, 0.2) is 24.3 Å². The Balaban J connectivity index is 2.08. The van der Waals surface area contributed by atoms with Crippen molar-refractivity contribution in [1.29, 1.82) is 0 Å². The number of nitrogens with one attached hydrogen (secondary N) is 1. The maximum Gasteiger partial charge on any atom is 0.445 e. The van der Waals surface area contributed by atoms with E-state index in [-0.39, 0.29) is 27.8 Å². The fourth-order valence-corrected chi connectivity index (χ4v) is 3.02. The lowest BCUT2D eigenvalue weighted by Gasteiger charge is -2.03. The van der Waals surface area contributed by atoms with E-state index in [4.69, 9.17) is 0 Å². The molecule has 0 aliphatic carbocycles. The van der Waals surface area contributed by atoms with Crippen LogP contribution in [0.1, 0.15) is 20.9 Å². The van der Waals surface area contributed by atoms with Gasteiger partial charge in [0.1, 0.15) is 0 Å². The molecule has 0 radical (unpaired) electrons. The number of aromatic nitrogens is 2. The van der Waals surface area contributed by atoms with Crippen LogP contribution in [-0.2, 0) is 21.8 Å². The van der Waals surface area contributed by atoms with Crippen LogP contribution in [0.25, 0.3) is 0 Å². The summed E-state index contributed by atoms with van der Waals surface area (Å²) in [5.74, 6) is -0.832. The number of carbonyl (C=O) groups excluding carboxylic acids is 1. The van der Waals surface area contributed by atoms with Crippen LogP contribution in [-0.4, -0.2) is 30.8 Å². The maximum absolute atomic E-state index is 12.4. The molecule has 1 heterocycles. The van der Waals surface area contributed by atoms with Crippen molar-refractivity contribution >= 4 is 32.2 Å². The Hall–Kier alpha value is -2.01. The zero-order chi connectivity index (χ0) is 17.3. The molecule has 0 aliphatic rings. The third-order valence-corrected chi connectivity index (χ3v) is 4.27. The smallest absolute Gasteiger partial charge is 0.296 e. The lowest BCUT2D eigenvalue weighted by atomic mass is 10.1. The third-order valence-electron chi connectivity index (χ3n) is 2.53. The summed E-state index contributed by atoms with van der Waals surface area (Å²) in [6.45, 7) is 0. The highest BCUT2D eigenvalue weighted by molar-refractivity contribution is 7.89. The first-order valence-electron chi connectivity index (χ1n) is 6.03. The zero-order valence-electron chi connectivity index (χ0n) is 11.6. The molecule has 0 spiro atoms. The fourth-order valence-electron chi connectivity index (χ4n) is 1.61. The van der Waals surface area contributed by atoms with Crippen molar-refractivity contribution in [1.82, 2.24) is 10.2 Å². The second-order valence-electron chi connectivity index (χ2n) is 4.63. The van der Waals surface area contributed by atoms with E-state index in [1.54, 1.807) is 0 Å². The molecule has 2 rings (SSSR count). The number of amides is 1. The van der Waals surface area contributed by atoms with E-state index in [0.717, 1.165) is 6.26 Å². The minimum atomic E-state index is -4.62. The van der Waals surface area contributed by atoms with Gasteiger partial charge in [0.15, 0.2) is 9.84 Å². The minimum absolute atomic E-state index is 0.158. The fraction of sp³-hybridized carbons (Fsp3) is 0.250. The average molecular weight is 365 g/mol. The van der Waals surface area contributed by atoms with Crippen molar-refractivity contribution in [3.8, 4) is 0 Å². The molecule has 0 saturated heterocycles. The van der Waals surface area contributed by atoms with E-state index in [9.17, 15) is 26.4 Å². The van der Waals surface area contributed by atoms with Gasteiger partial charge in [0, 0.05) is 11.8 Å². The number of sulfone groups is 1. The van der Waals surface area contributed by atoms with Gasteiger partial charge in [-0.2, -0.15) is 13.2 Å². The Morgan fingerprint density at radius 2 is 1.83 bits per heavy atom. The standard InChI is InChI=1S/C12H10F3N3O3S2/c1-23(20,21)6-7-2-4-8(5-3-7)9(19)16-11-18-17-10(22-11)12(13,14)15/h2-5H,6H2,1H3,(H,16,18,19). The summed E-state index contributed by atoms with van der Waals surface area (Å²) >= 11 is 0.215. The summed E-state index contributed by atoms with van der Waals surface area (Å²) in [4.78, 5) is 11.9. The molecular formula is C12H10F3N3O3S2. The number of hydrogen-bond donors (Lipinski definition) is 1. The van der Waals surface area contributed by atoms with Crippen molar-refractivity contribution in [2.24, 2.45) is 0 Å². The Bertz CT molecular complexity index is 814. The number of hydrogen-bond acceptors (Lipinski definition) is 6. The van der Waals surface area contributed by atoms with E-state index in [0.29, 0.717) is 5.56 Å². The lowest BCUT2D eigenvalue weighted by molar-refractivity contribution is -0.138. The van der Waals surface area contributed by atoms with Crippen LogP contribution >= 0.6 is 11.3 Å². The van der Waals surface area contributed by atoms with E-state index in [2.05, 4.69) is 15.5 Å². The summed E-state index contributed by atoms with van der Waals surface area (Å²) in [5, 5.41) is 6.98. The number of carbonyl (C=O) groups is 1. The molecule has 1 N–H and O–H groups in total. The second-order valence-corrected chi connectivity index (χ2v) is 7.75. The van der Waals surface area contributed by atoms with Gasteiger partial charge in [-0.1, -0.05) is 23.5 Å². The molecular weight excluding hydrogens is 355 g/mol. The molecule has 0 saturated carbocycles. The first-order chi connectivity index (χ1) is 10.5. The van der Waals surface area contributed by atoms with E-state index >= 15 is 0 Å². The molecule has 0 unspecified atom stereocenters. The van der Waals surface area contributed by atoms with Crippen LogP contribution in [0, 0.1) is 0 Å². The summed E-state index contributed by atoms with van der Waals surface area (Å²) in [6.07, 6.45) is -3.53. The van der Waals surface area contributed by atoms with Gasteiger partial charge in [-0.05, 0) is 17.7 Å². The zero-order valence-corrected chi connectivity index (χ0v) is 13.2. The van der Waals surface area contributed by atoms with Crippen LogP contribution in [0.4, 0.5) is 18.3 Å². The number of alkyl halides is 3. The molecule has 0 atom stereocenters. The van der Waals surface area contributed by atoms with Gasteiger partial charge in [-0.15, -0.1) is 10.2 Å². The van der Waals surface area contributed by atoms with E-state index in [1.165, 1.54) is 24.3 Å². The van der Waals surface area contributed by atoms with Crippen LogP contribution in [0.3, 0.4) is 0 Å². The first kappa shape index (κ1) is 17.3. The largest absolute Gasteiger partial charge is 0.445 e. The van der Waals surface area contributed by atoms with E-state index < -0.39 is 26.9 Å². The van der Waals surface area contributed by atoms with Gasteiger partial charge < -0.3 is 0 Å². The van der Waals surface area contributed by atoms with Crippen molar-refractivity contribution < 1.29 is 26.4 Å². The monoisotopic (exact) mass is 365 g/mol. The first-order valence-corrected chi connectivity index (χ1v) is 8.91. The highest BCUT2D eigenvalue weighted by Crippen LogP contribution is 2.33. The van der Waals surface area contributed by atoms with E-state index in [1.807, 2.05) is 0 Å². The molecule has 1 aromatic carbocycles. The lowest BCUT2D eigenvalue weighted by Crippen LogP contribution is -2.11. The summed E-state index contributed by atoms with van der Waals surface area (Å²) < 4.78 is 59.5. The number of rotatable bonds is 4. The van der Waals surface area contributed by atoms with Gasteiger partial charge >= 0.3 is 6.18 Å². The van der Waals surface area contributed by atoms with Gasteiger partial charge in [-0.3, -0.25) is 10.1 Å². The molecule has 0 fully saturated rings. The Morgan fingerprint density at radius 1 is 1.22 bits per heavy atom. The van der Waals surface area contributed by atoms with Crippen LogP contribution < -0.4 is 5.32 Å². The summed E-state index contributed by atoms with van der Waals surface area (Å²) in [5.41, 5.74) is 0.658. The van der Waals surface area contributed by atoms with Gasteiger partial charge in [-0.25, -0.2) is 8.42 Å². The van der Waals surface area contributed by atoms with Gasteiger partial charge in [0.2, 0.25) is 10.1 Å². The molecule has 2 aromatic rings. The SMILES string of the molecule is CS(=O)(=O)Cc1ccc(C(=O)Nc2nnc(C(F)(F)F)s2)cc1. The third kappa shape index (κ3) is 4.99. The molecule has 0 aliphatic heterocycles. The number of anilines is 1. The normalized spacial score (nSPS) is 12.2. The molecule has 124 valence electrons. The Labute approximate surface area is 133 Å². The highest BCUT2D eigenvalue weighted by atomic mass is 32.2. The summed E-state index contributed by atoms with van der Waals surface area (Å²) in [7, 11) is -3.19. The predicted octanol–water partition coefficient (Wildman–Crippen LogP) is 2.35. The molecule has 1 amide bonds. The predicted molar refractivity (Wildman–Crippen MR) is 77.9 cm³/mol. The number of nitrogens with zero attached hydrogens (tertiary/aromatic N) is 2. The highest BCUT2D eigenvalue weighted by Gasteiger charge is 2.35. The Morgan fingerprint density at radius 3 is 2.30 bits per heavy atom. The molecule has 11 heteroatoms. The number of halogens is 3. The Kier molecular flexibility index (Phi) is 4.71. The maximum atomic E-state index is 12.4. The van der Waals surface area contributed by atoms with Gasteiger partial charge in [0.05, 0.1) is 5.75 Å². The van der Waals surface area contributed by atoms with Crippen LogP contribution in [0.2, 0.25) is 0 Å². The summed E-state index contributed by atoms with van der Waals surface area (Å²) in [6, 6.07) is 5.66. The van der Waals surface area contributed by atoms with Crippen molar-refractivity contribution in [2.75, 3.05) is 11.6 Å². The number of benzene rings is 1. The second kappa shape index (κ2) is 6.24. The van der Waals surface area contributed by atoms with Crippen LogP contribution in [0.5, 0.6) is 0 Å². The average Bonchev–Trinajstić information content (AvgIpc) is 2.86. The van der Waals surface area contributed by atoms with Gasteiger partial charge in [0.25, 0.3) is 5.91 Å². The van der Waals surface area contributed by atoms with Crippen molar-refractivity contribution in [3.05, 3.63) is 40.4 Å². The molecule has 6 nitrogen and oxygen atoms in total. The minimum Gasteiger partial charge on any atom is -0.296 e. The molecule has 0 bridgehead atoms. The van der Waals surface area contributed by atoms with Crippen molar-refractivity contribution in [2.45, 2.75) is 11.9 Å². The quantitative estimate of drug-likeness (QED) is 0.898. The van der Waals surface area contributed by atoms with Crippen molar-refractivity contribution in [3.63, 3.8) is 0 Å². The molecule has 23 heavy (non-hydrogen) atoms. The molecule has 1 aromatic heterocycles. The topological polar surface area (TPSA) is 89.0 Å².